The van der Waals surface area contributed by atoms with E-state index in [4.69, 9.17) is 0 Å². The van der Waals surface area contributed by atoms with Gasteiger partial charge < -0.3 is 0 Å². The second-order valence-electron chi connectivity index (χ2n) is 6.07. The van der Waals surface area contributed by atoms with Gasteiger partial charge >= 0.3 is 0 Å². The molecule has 0 unspecified atom stereocenters. The molecule has 1 fully saturated rings. The zero-order chi connectivity index (χ0) is 17.1. The molecule has 1 aromatic carbocycles. The minimum Gasteiger partial charge on any atom is -0.290 e. The van der Waals surface area contributed by atoms with Crippen molar-refractivity contribution in [3.05, 3.63) is 46.7 Å². The second-order valence-corrected chi connectivity index (χ2v) is 6.90. The molecule has 1 atom stereocenters. The lowest BCUT2D eigenvalue weighted by Crippen LogP contribution is -2.28. The predicted molar refractivity (Wildman–Crippen MR) is 94.6 cm³/mol. The Morgan fingerprint density at radius 1 is 1.50 bits per heavy atom. The number of hydrogen-bond acceptors (Lipinski definition) is 4. The lowest BCUT2D eigenvalue weighted by atomic mass is 10.0. The molecule has 2 aromatic rings. The lowest BCUT2D eigenvalue weighted by molar-refractivity contribution is -0.116. The molecule has 1 aliphatic rings. The van der Waals surface area contributed by atoms with Gasteiger partial charge in [-0.3, -0.25) is 14.6 Å². The Morgan fingerprint density at radius 2 is 2.33 bits per heavy atom. The summed E-state index contributed by atoms with van der Waals surface area (Å²) in [5.74, 6) is -0.174. The fourth-order valence-corrected chi connectivity index (χ4v) is 4.22. The first-order valence-electron chi connectivity index (χ1n) is 8.30. The van der Waals surface area contributed by atoms with Gasteiger partial charge in [0, 0.05) is 31.4 Å². The van der Waals surface area contributed by atoms with Gasteiger partial charge in [-0.2, -0.15) is 0 Å². The molecule has 1 saturated heterocycles. The molecule has 0 saturated carbocycles. The first kappa shape index (κ1) is 17.0. The summed E-state index contributed by atoms with van der Waals surface area (Å²) < 4.78 is 13.5. The largest absolute Gasteiger partial charge is 0.290 e. The number of anilines is 1. The molecule has 1 aromatic heterocycles. The minimum absolute atomic E-state index is 0.0113. The van der Waals surface area contributed by atoms with Crippen molar-refractivity contribution in [3.8, 4) is 0 Å². The Morgan fingerprint density at radius 3 is 3.04 bits per heavy atom. The van der Waals surface area contributed by atoms with E-state index in [0.29, 0.717) is 6.54 Å². The van der Waals surface area contributed by atoms with Crippen LogP contribution in [-0.4, -0.2) is 28.9 Å². The average Bonchev–Trinajstić information content (AvgIpc) is 3.18. The van der Waals surface area contributed by atoms with Gasteiger partial charge in [0.1, 0.15) is 5.82 Å². The molecule has 0 radical (unpaired) electrons. The van der Waals surface area contributed by atoms with E-state index in [-0.39, 0.29) is 17.8 Å². The number of carbonyl (C=O) groups excluding carboxylic acids is 1. The summed E-state index contributed by atoms with van der Waals surface area (Å²) in [6.07, 6.45) is 2.14. The van der Waals surface area contributed by atoms with Crippen LogP contribution in [0.15, 0.2) is 29.6 Å². The molecular weight excluding hydrogens is 325 g/mol. The highest BCUT2D eigenvalue weighted by Gasteiger charge is 2.27. The van der Waals surface area contributed by atoms with Crippen molar-refractivity contribution in [2.24, 2.45) is 0 Å². The number of nitrogens with zero attached hydrogens (tertiary/aromatic N) is 3. The van der Waals surface area contributed by atoms with Crippen LogP contribution in [0.25, 0.3) is 0 Å². The Kier molecular flexibility index (Phi) is 5.26. The van der Waals surface area contributed by atoms with Crippen LogP contribution >= 0.6 is 11.3 Å². The number of amides is 1. The van der Waals surface area contributed by atoms with Crippen molar-refractivity contribution in [2.45, 2.75) is 39.3 Å². The number of aromatic nitrogens is 1. The molecule has 2 heterocycles. The van der Waals surface area contributed by atoms with Gasteiger partial charge in [-0.1, -0.05) is 12.1 Å². The summed E-state index contributed by atoms with van der Waals surface area (Å²) in [7, 11) is 0. The summed E-state index contributed by atoms with van der Waals surface area (Å²) in [4.78, 5) is 20.3. The van der Waals surface area contributed by atoms with Crippen molar-refractivity contribution >= 4 is 22.4 Å². The smallest absolute Gasteiger partial charge is 0.225 e. The van der Waals surface area contributed by atoms with Gasteiger partial charge in [-0.15, -0.1) is 11.3 Å². The minimum atomic E-state index is -0.185. The molecule has 1 amide bonds. The molecule has 6 heteroatoms. The molecule has 0 N–H and O–H groups in total. The number of halogens is 1. The van der Waals surface area contributed by atoms with Crippen LogP contribution in [0.3, 0.4) is 0 Å². The monoisotopic (exact) mass is 347 g/mol. The summed E-state index contributed by atoms with van der Waals surface area (Å²) in [5, 5.41) is 2.77. The zero-order valence-electron chi connectivity index (χ0n) is 14.0. The van der Waals surface area contributed by atoms with E-state index >= 15 is 0 Å². The molecule has 128 valence electrons. The normalized spacial score (nSPS) is 18.0. The Labute approximate surface area is 145 Å². The molecule has 0 aliphatic carbocycles. The van der Waals surface area contributed by atoms with Crippen molar-refractivity contribution < 1.29 is 9.18 Å². The molecular formula is C18H22FN3OS. The SMILES string of the molecule is CCN(C(C)=O)c1nc(CN2CCC[C@@H]2c2cccc(F)c2)cs1. The predicted octanol–water partition coefficient (Wildman–Crippen LogP) is 3.99. The fourth-order valence-electron chi connectivity index (χ4n) is 3.30. The highest BCUT2D eigenvalue weighted by atomic mass is 32.1. The third-order valence-corrected chi connectivity index (χ3v) is 5.34. The number of benzene rings is 1. The van der Waals surface area contributed by atoms with E-state index < -0.39 is 0 Å². The molecule has 3 rings (SSSR count). The fraction of sp³-hybridized carbons (Fsp3) is 0.444. The number of carbonyl (C=O) groups is 1. The number of thiazole rings is 1. The van der Waals surface area contributed by atoms with Gasteiger partial charge in [-0.25, -0.2) is 9.37 Å². The quantitative estimate of drug-likeness (QED) is 0.820. The van der Waals surface area contributed by atoms with Crippen LogP contribution in [0.5, 0.6) is 0 Å². The third-order valence-electron chi connectivity index (χ3n) is 4.43. The average molecular weight is 347 g/mol. The van der Waals surface area contributed by atoms with Crippen molar-refractivity contribution in [1.82, 2.24) is 9.88 Å². The van der Waals surface area contributed by atoms with Gasteiger partial charge in [0.25, 0.3) is 0 Å². The van der Waals surface area contributed by atoms with E-state index in [1.54, 1.807) is 24.0 Å². The van der Waals surface area contributed by atoms with E-state index in [0.717, 1.165) is 42.3 Å². The van der Waals surface area contributed by atoms with E-state index in [9.17, 15) is 9.18 Å². The summed E-state index contributed by atoms with van der Waals surface area (Å²) in [6, 6.07) is 7.11. The highest BCUT2D eigenvalue weighted by molar-refractivity contribution is 7.14. The summed E-state index contributed by atoms with van der Waals surface area (Å²) in [6.45, 7) is 5.84. The number of likely N-dealkylation sites (tertiary alicyclic amines) is 1. The first-order valence-corrected chi connectivity index (χ1v) is 9.18. The molecule has 0 bridgehead atoms. The standard InChI is InChI=1S/C18H22FN3OS/c1-3-22(13(2)23)18-20-16(12-24-18)11-21-9-5-8-17(21)14-6-4-7-15(19)10-14/h4,6-7,10,12,17H,3,5,8-9,11H2,1-2H3/t17-/m1/s1. The zero-order valence-corrected chi connectivity index (χ0v) is 14.9. The topological polar surface area (TPSA) is 36.4 Å². The van der Waals surface area contributed by atoms with Gasteiger partial charge in [0.2, 0.25) is 5.91 Å². The number of rotatable bonds is 5. The molecule has 0 spiro atoms. The van der Waals surface area contributed by atoms with Crippen molar-refractivity contribution in [2.75, 3.05) is 18.0 Å². The van der Waals surface area contributed by atoms with Gasteiger partial charge in [0.15, 0.2) is 5.13 Å². The van der Waals surface area contributed by atoms with E-state index in [2.05, 4.69) is 9.88 Å². The van der Waals surface area contributed by atoms with Gasteiger partial charge in [0.05, 0.1) is 5.69 Å². The van der Waals surface area contributed by atoms with E-state index in [1.165, 1.54) is 17.4 Å². The Balaban J connectivity index is 1.73. The molecule has 1 aliphatic heterocycles. The second kappa shape index (κ2) is 7.40. The van der Waals surface area contributed by atoms with Gasteiger partial charge in [-0.05, 0) is 44.0 Å². The summed E-state index contributed by atoms with van der Waals surface area (Å²) >= 11 is 1.50. The molecule has 4 nitrogen and oxygen atoms in total. The maximum absolute atomic E-state index is 13.5. The molecule has 24 heavy (non-hydrogen) atoms. The van der Waals surface area contributed by atoms with Crippen LogP contribution in [-0.2, 0) is 11.3 Å². The van der Waals surface area contributed by atoms with Crippen molar-refractivity contribution in [3.63, 3.8) is 0 Å². The van der Waals surface area contributed by atoms with Crippen molar-refractivity contribution in [1.29, 1.82) is 0 Å². The Bertz CT molecular complexity index is 718. The van der Waals surface area contributed by atoms with Crippen LogP contribution < -0.4 is 4.90 Å². The highest BCUT2D eigenvalue weighted by Crippen LogP contribution is 2.34. The number of hydrogen-bond donors (Lipinski definition) is 0. The third kappa shape index (κ3) is 3.65. The Hall–Kier alpha value is -1.79. The van der Waals surface area contributed by atoms with Crippen LogP contribution in [0, 0.1) is 5.82 Å². The summed E-state index contributed by atoms with van der Waals surface area (Å²) in [5.41, 5.74) is 2.00. The van der Waals surface area contributed by atoms with Crippen LogP contribution in [0.2, 0.25) is 0 Å². The lowest BCUT2D eigenvalue weighted by Gasteiger charge is -2.24. The van der Waals surface area contributed by atoms with E-state index in [1.807, 2.05) is 18.4 Å². The maximum Gasteiger partial charge on any atom is 0.225 e. The maximum atomic E-state index is 13.5. The van der Waals surface area contributed by atoms with Crippen LogP contribution in [0.4, 0.5) is 9.52 Å². The van der Waals surface area contributed by atoms with Crippen LogP contribution in [0.1, 0.15) is 44.0 Å². The first-order chi connectivity index (χ1) is 11.6.